The average Bonchev–Trinajstić information content (AvgIpc) is 3.24. The van der Waals surface area contributed by atoms with E-state index >= 15 is 0 Å². The molecule has 0 aromatic heterocycles. The van der Waals surface area contributed by atoms with Crippen molar-refractivity contribution in [1.82, 2.24) is 4.90 Å². The summed E-state index contributed by atoms with van der Waals surface area (Å²) in [5, 5.41) is 0. The van der Waals surface area contributed by atoms with Crippen molar-refractivity contribution in [2.75, 3.05) is 19.7 Å². The first-order valence-corrected chi connectivity index (χ1v) is 20.0. The molecule has 0 bridgehead atoms. The number of fused-ring (bicyclic) bond motifs is 1. The van der Waals surface area contributed by atoms with Crippen LogP contribution in [0.2, 0.25) is 39.3 Å². The van der Waals surface area contributed by atoms with E-state index in [2.05, 4.69) is 30.6 Å². The summed E-state index contributed by atoms with van der Waals surface area (Å²) < 4.78 is 24.8. The van der Waals surface area contributed by atoms with Crippen molar-refractivity contribution in [3.63, 3.8) is 0 Å². The van der Waals surface area contributed by atoms with Gasteiger partial charge in [-0.3, -0.25) is 9.69 Å². The molecule has 0 N–H and O–H groups in total. The van der Waals surface area contributed by atoms with E-state index in [0.29, 0.717) is 6.42 Å². The standard InChI is InChI=1S/C26H49NO6Si2/c1-18(2)16-23(28)31-20(5)26(19(3)4,33-35(9,10)11)25(29)30-17-21-12-14-27-15-13-22(24(21)27)32-34(6,7)8/h12,18-20,22,24H,13-17H2,1-11H3/t20-,22-,24+,26-/m0/s1. The summed E-state index contributed by atoms with van der Waals surface area (Å²) in [4.78, 5) is 28.7. The van der Waals surface area contributed by atoms with E-state index in [-0.39, 0.29) is 36.6 Å². The second kappa shape index (κ2) is 11.6. The molecular weight excluding hydrogens is 478 g/mol. The predicted molar refractivity (Wildman–Crippen MR) is 144 cm³/mol. The largest absolute Gasteiger partial charge is 0.459 e. The van der Waals surface area contributed by atoms with Crippen LogP contribution >= 0.6 is 0 Å². The van der Waals surface area contributed by atoms with Crippen LogP contribution in [-0.2, 0) is 27.9 Å². The van der Waals surface area contributed by atoms with Gasteiger partial charge in [-0.1, -0.05) is 33.8 Å². The molecule has 0 aliphatic carbocycles. The fourth-order valence-electron chi connectivity index (χ4n) is 5.13. The van der Waals surface area contributed by atoms with Crippen LogP contribution in [0, 0.1) is 11.8 Å². The van der Waals surface area contributed by atoms with Gasteiger partial charge in [0.05, 0.1) is 12.1 Å². The number of nitrogens with zero attached hydrogens (tertiary/aromatic N) is 1. The molecule has 4 atom stereocenters. The predicted octanol–water partition coefficient (Wildman–Crippen LogP) is 4.99. The van der Waals surface area contributed by atoms with Crippen molar-refractivity contribution < 1.29 is 27.9 Å². The monoisotopic (exact) mass is 527 g/mol. The molecule has 2 aliphatic heterocycles. The first-order chi connectivity index (χ1) is 16.0. The Labute approximate surface area is 215 Å². The van der Waals surface area contributed by atoms with Crippen molar-refractivity contribution in [2.45, 2.75) is 111 Å². The summed E-state index contributed by atoms with van der Waals surface area (Å²) in [7, 11) is -3.91. The third-order valence-corrected chi connectivity index (χ3v) is 8.39. The molecule has 0 radical (unpaired) electrons. The molecule has 7 nitrogen and oxygen atoms in total. The Morgan fingerprint density at radius 3 is 2.20 bits per heavy atom. The van der Waals surface area contributed by atoms with Crippen molar-refractivity contribution in [3.8, 4) is 0 Å². The quantitative estimate of drug-likeness (QED) is 0.201. The number of carbonyl (C=O) groups is 2. The minimum Gasteiger partial charge on any atom is -0.459 e. The smallest absolute Gasteiger partial charge is 0.341 e. The summed E-state index contributed by atoms with van der Waals surface area (Å²) in [5.74, 6) is -0.856. The van der Waals surface area contributed by atoms with Gasteiger partial charge in [-0.25, -0.2) is 4.79 Å². The molecular formula is C26H49NO6Si2. The van der Waals surface area contributed by atoms with Crippen molar-refractivity contribution >= 4 is 28.6 Å². The molecule has 1 saturated heterocycles. The Kier molecular flexibility index (Phi) is 10.0. The lowest BCUT2D eigenvalue weighted by atomic mass is 9.85. The summed E-state index contributed by atoms with van der Waals surface area (Å²) in [5.41, 5.74) is -0.269. The third-order valence-electron chi connectivity index (χ3n) is 6.43. The van der Waals surface area contributed by atoms with Crippen LogP contribution < -0.4 is 0 Å². The maximum absolute atomic E-state index is 13.8. The number of hydrogen-bond donors (Lipinski definition) is 0. The molecule has 0 unspecified atom stereocenters. The summed E-state index contributed by atoms with van der Waals surface area (Å²) in [6, 6.07) is 0.155. The van der Waals surface area contributed by atoms with Crippen molar-refractivity contribution in [2.24, 2.45) is 11.8 Å². The maximum atomic E-state index is 13.8. The molecule has 0 aromatic carbocycles. The second-order valence-electron chi connectivity index (χ2n) is 12.7. The lowest BCUT2D eigenvalue weighted by Crippen LogP contribution is -2.60. The van der Waals surface area contributed by atoms with E-state index in [0.717, 1.165) is 25.1 Å². The van der Waals surface area contributed by atoms with Gasteiger partial charge in [0.15, 0.2) is 22.2 Å². The number of ether oxygens (including phenoxy) is 2. The topological polar surface area (TPSA) is 74.3 Å². The van der Waals surface area contributed by atoms with Crippen LogP contribution in [-0.4, -0.2) is 77.0 Å². The van der Waals surface area contributed by atoms with Crippen LogP contribution in [0.25, 0.3) is 0 Å². The Balaban J connectivity index is 2.22. The molecule has 0 aromatic rings. The van der Waals surface area contributed by atoms with Crippen molar-refractivity contribution in [3.05, 3.63) is 11.6 Å². The Morgan fingerprint density at radius 1 is 1.06 bits per heavy atom. The van der Waals surface area contributed by atoms with Crippen LogP contribution in [0.15, 0.2) is 11.6 Å². The minimum atomic E-state index is -2.21. The van der Waals surface area contributed by atoms with Crippen LogP contribution in [0.1, 0.15) is 47.5 Å². The molecule has 2 rings (SSSR count). The van der Waals surface area contributed by atoms with E-state index in [1.807, 2.05) is 47.3 Å². The summed E-state index contributed by atoms with van der Waals surface area (Å²) >= 11 is 0. The van der Waals surface area contributed by atoms with E-state index in [1.165, 1.54) is 0 Å². The number of hydrogen-bond acceptors (Lipinski definition) is 7. The highest BCUT2D eigenvalue weighted by atomic mass is 28.4. The molecule has 35 heavy (non-hydrogen) atoms. The Hall–Kier alpha value is -1.01. The molecule has 202 valence electrons. The summed E-state index contributed by atoms with van der Waals surface area (Å²) in [6.45, 7) is 24.3. The van der Waals surface area contributed by atoms with Crippen LogP contribution in [0.3, 0.4) is 0 Å². The van der Waals surface area contributed by atoms with Gasteiger partial charge in [-0.15, -0.1) is 0 Å². The minimum absolute atomic E-state index is 0.137. The van der Waals surface area contributed by atoms with Gasteiger partial charge in [0, 0.05) is 19.5 Å². The molecule has 0 saturated carbocycles. The zero-order valence-electron chi connectivity index (χ0n) is 23.9. The highest BCUT2D eigenvalue weighted by Crippen LogP contribution is 2.36. The highest BCUT2D eigenvalue weighted by Gasteiger charge is 2.54. The maximum Gasteiger partial charge on any atom is 0.341 e. The fourth-order valence-corrected chi connectivity index (χ4v) is 7.78. The Bertz CT molecular complexity index is 786. The highest BCUT2D eigenvalue weighted by molar-refractivity contribution is 6.70. The molecule has 2 aliphatic rings. The zero-order valence-corrected chi connectivity index (χ0v) is 25.9. The second-order valence-corrected chi connectivity index (χ2v) is 21.6. The van der Waals surface area contributed by atoms with Crippen LogP contribution in [0.5, 0.6) is 0 Å². The Morgan fingerprint density at radius 2 is 1.69 bits per heavy atom. The molecule has 1 fully saturated rings. The number of carbonyl (C=O) groups excluding carboxylic acids is 2. The normalized spacial score (nSPS) is 23.7. The number of esters is 2. The van der Waals surface area contributed by atoms with Gasteiger partial charge in [0.25, 0.3) is 0 Å². The average molecular weight is 528 g/mol. The SMILES string of the molecule is CC(C)CC(=O)O[C@@H](C)[C@](O[Si](C)(C)C)(C(=O)OCC1=CCN2CC[C@H](O[Si](C)(C)C)[C@@H]12)C(C)C. The molecule has 9 heteroatoms. The summed E-state index contributed by atoms with van der Waals surface area (Å²) in [6.07, 6.45) is 2.83. The fraction of sp³-hybridized carbons (Fsp3) is 0.846. The van der Waals surface area contributed by atoms with Gasteiger partial charge in [-0.2, -0.15) is 0 Å². The molecule has 0 amide bonds. The zero-order chi connectivity index (χ0) is 26.8. The van der Waals surface area contributed by atoms with Gasteiger partial charge in [-0.05, 0) is 70.0 Å². The van der Waals surface area contributed by atoms with Gasteiger partial charge in [0.2, 0.25) is 0 Å². The first kappa shape index (κ1) is 30.2. The van der Waals surface area contributed by atoms with Gasteiger partial charge < -0.3 is 18.3 Å². The van der Waals surface area contributed by atoms with E-state index in [1.54, 1.807) is 6.92 Å². The van der Waals surface area contributed by atoms with E-state index < -0.39 is 34.3 Å². The van der Waals surface area contributed by atoms with Crippen LogP contribution in [0.4, 0.5) is 0 Å². The lowest BCUT2D eigenvalue weighted by molar-refractivity contribution is -0.189. The van der Waals surface area contributed by atoms with E-state index in [9.17, 15) is 9.59 Å². The first-order valence-electron chi connectivity index (χ1n) is 13.1. The molecule has 0 spiro atoms. The van der Waals surface area contributed by atoms with Gasteiger partial charge in [0.1, 0.15) is 12.7 Å². The lowest BCUT2D eigenvalue weighted by Gasteiger charge is -2.43. The van der Waals surface area contributed by atoms with Crippen molar-refractivity contribution in [1.29, 1.82) is 0 Å². The van der Waals surface area contributed by atoms with E-state index in [4.69, 9.17) is 18.3 Å². The van der Waals surface area contributed by atoms with Gasteiger partial charge >= 0.3 is 11.9 Å². The third kappa shape index (κ3) is 7.99. The number of rotatable bonds is 12. The molecule has 2 heterocycles.